The van der Waals surface area contributed by atoms with Gasteiger partial charge in [0.15, 0.2) is 11.5 Å². The fourth-order valence-corrected chi connectivity index (χ4v) is 9.29. The van der Waals surface area contributed by atoms with Crippen LogP contribution in [0.2, 0.25) is 0 Å². The van der Waals surface area contributed by atoms with Gasteiger partial charge in [0.25, 0.3) is 0 Å². The molecule has 3 aliphatic carbocycles. The van der Waals surface area contributed by atoms with E-state index in [9.17, 15) is 27.6 Å². The summed E-state index contributed by atoms with van der Waals surface area (Å²) >= 11 is 0. The van der Waals surface area contributed by atoms with Gasteiger partial charge in [-0.15, -0.1) is 13.2 Å². The highest BCUT2D eigenvalue weighted by atomic mass is 19.4. The summed E-state index contributed by atoms with van der Waals surface area (Å²) in [7, 11) is 0. The average Bonchev–Trinajstić information content (AvgIpc) is 3.77. The first-order valence-electron chi connectivity index (χ1n) is 17.5. The Bertz CT molecular complexity index is 1720. The first kappa shape index (κ1) is 34.4. The molecule has 9 nitrogen and oxygen atoms in total. The van der Waals surface area contributed by atoms with E-state index in [-0.39, 0.29) is 29.6 Å². The number of amides is 1. The summed E-state index contributed by atoms with van der Waals surface area (Å²) in [5, 5.41) is 0. The number of alkyl halides is 3. The Hall–Kier alpha value is -4.06. The highest BCUT2D eigenvalue weighted by Gasteiger charge is 2.76. The van der Waals surface area contributed by atoms with Crippen molar-refractivity contribution in [1.29, 1.82) is 0 Å². The molecule has 12 heteroatoms. The Labute approximate surface area is 289 Å². The molecular formula is C38H43F3N2O7. The Morgan fingerprint density at radius 2 is 1.86 bits per heavy atom. The van der Waals surface area contributed by atoms with E-state index in [1.54, 1.807) is 17.0 Å². The lowest BCUT2D eigenvalue weighted by Crippen LogP contribution is -2.79. The van der Waals surface area contributed by atoms with Gasteiger partial charge < -0.3 is 23.8 Å². The van der Waals surface area contributed by atoms with Crippen molar-refractivity contribution >= 4 is 23.9 Å². The summed E-state index contributed by atoms with van der Waals surface area (Å²) in [6.45, 7) is 8.90. The molecule has 1 amide bonds. The van der Waals surface area contributed by atoms with Gasteiger partial charge in [0.1, 0.15) is 17.5 Å². The van der Waals surface area contributed by atoms with E-state index in [2.05, 4.69) is 9.64 Å². The van der Waals surface area contributed by atoms with Gasteiger partial charge in [0.2, 0.25) is 5.91 Å². The maximum Gasteiger partial charge on any atom is 0.573 e. The standard InChI is InChI=1S/C38H43F3N2O7/c1-22(2)20-43(32(46)13-10-25-6-5-7-28(18-25)50-38(39,40)41)29-14-15-37(49-24(4)45)31-19-27-11-12-30(47-23(3)44)34-33(27)36(37,35(29)48-34)16-17-42(31)21-26-8-9-26/h5-7,10-13,18,22,26,29,31,35H,8-9,14-17,19-21H2,1-4H3/t29-,31-,35+,36+,37-/m1/s1. The predicted octanol–water partition coefficient (Wildman–Crippen LogP) is 6.21. The molecule has 0 N–H and O–H groups in total. The number of likely N-dealkylation sites (tertiary alicyclic amines) is 1. The molecule has 7 rings (SSSR count). The number of carbonyl (C=O) groups excluding carboxylic acids is 3. The minimum absolute atomic E-state index is 0.0731. The molecule has 2 bridgehead atoms. The van der Waals surface area contributed by atoms with E-state index >= 15 is 0 Å². The fourth-order valence-electron chi connectivity index (χ4n) is 9.29. The van der Waals surface area contributed by atoms with Crippen LogP contribution in [0.3, 0.4) is 0 Å². The van der Waals surface area contributed by atoms with Crippen LogP contribution in [-0.2, 0) is 31.0 Å². The monoisotopic (exact) mass is 696 g/mol. The van der Waals surface area contributed by atoms with Gasteiger partial charge >= 0.3 is 18.3 Å². The van der Waals surface area contributed by atoms with Crippen molar-refractivity contribution in [1.82, 2.24) is 9.80 Å². The van der Waals surface area contributed by atoms with Gasteiger partial charge in [-0.25, -0.2) is 0 Å². The molecular weight excluding hydrogens is 653 g/mol. The van der Waals surface area contributed by atoms with E-state index in [0.29, 0.717) is 55.2 Å². The summed E-state index contributed by atoms with van der Waals surface area (Å²) in [6, 6.07) is 8.69. The quantitative estimate of drug-likeness (QED) is 0.165. The summed E-state index contributed by atoms with van der Waals surface area (Å²) < 4.78 is 61.9. The van der Waals surface area contributed by atoms with Crippen LogP contribution in [0.1, 0.15) is 76.5 Å². The van der Waals surface area contributed by atoms with Crippen LogP contribution in [0.5, 0.6) is 17.2 Å². The molecule has 2 aliphatic heterocycles. The third kappa shape index (κ3) is 6.03. The lowest BCUT2D eigenvalue weighted by Gasteiger charge is -2.65. The van der Waals surface area contributed by atoms with E-state index in [4.69, 9.17) is 14.2 Å². The zero-order chi connectivity index (χ0) is 35.6. The minimum atomic E-state index is -4.84. The van der Waals surface area contributed by atoms with Crippen LogP contribution in [0.4, 0.5) is 13.2 Å². The van der Waals surface area contributed by atoms with Crippen molar-refractivity contribution in [2.24, 2.45) is 11.8 Å². The number of hydrogen-bond donors (Lipinski definition) is 0. The van der Waals surface area contributed by atoms with Crippen LogP contribution in [0, 0.1) is 11.8 Å². The zero-order valence-electron chi connectivity index (χ0n) is 28.8. The van der Waals surface area contributed by atoms with Gasteiger partial charge in [0, 0.05) is 38.6 Å². The molecule has 5 aliphatic rings. The molecule has 1 saturated heterocycles. The fraction of sp³-hybridized carbons (Fsp3) is 0.553. The lowest BCUT2D eigenvalue weighted by atomic mass is 9.48. The van der Waals surface area contributed by atoms with Gasteiger partial charge in [-0.05, 0) is 92.3 Å². The smallest absolute Gasteiger partial charge is 0.483 e. The van der Waals surface area contributed by atoms with E-state index < -0.39 is 35.5 Å². The topological polar surface area (TPSA) is 94.6 Å². The number of rotatable bonds is 10. The molecule has 1 spiro atoms. The van der Waals surface area contributed by atoms with E-state index in [1.165, 1.54) is 57.0 Å². The number of ether oxygens (including phenoxy) is 4. The van der Waals surface area contributed by atoms with Crippen LogP contribution in [-0.4, -0.2) is 77.4 Å². The Kier molecular flexibility index (Phi) is 8.68. The molecule has 5 atom stereocenters. The number of piperidine rings is 1. The van der Waals surface area contributed by atoms with E-state index in [0.717, 1.165) is 24.2 Å². The van der Waals surface area contributed by atoms with Crippen molar-refractivity contribution in [3.8, 4) is 17.2 Å². The summed E-state index contributed by atoms with van der Waals surface area (Å²) in [4.78, 5) is 43.8. The SMILES string of the molecule is CC(=O)Oc1ccc2c3c1O[C@H]1[C@H](N(CC(C)C)C(=O)C=Cc4cccc(OC(F)(F)F)c4)CC[C@@]4(OC(C)=O)[C@@H](C2)N(CC2CC2)CC[C@]314. The number of hydrogen-bond acceptors (Lipinski definition) is 8. The molecule has 0 radical (unpaired) electrons. The molecule has 268 valence electrons. The minimum Gasteiger partial charge on any atom is -0.483 e. The largest absolute Gasteiger partial charge is 0.573 e. The average molecular weight is 697 g/mol. The highest BCUT2D eigenvalue weighted by molar-refractivity contribution is 5.92. The molecule has 2 saturated carbocycles. The Morgan fingerprint density at radius 1 is 1.08 bits per heavy atom. The van der Waals surface area contributed by atoms with Crippen molar-refractivity contribution < 1.29 is 46.5 Å². The number of benzene rings is 2. The van der Waals surface area contributed by atoms with Crippen molar-refractivity contribution in [3.63, 3.8) is 0 Å². The molecule has 2 heterocycles. The van der Waals surface area contributed by atoms with Crippen LogP contribution >= 0.6 is 0 Å². The first-order valence-corrected chi connectivity index (χ1v) is 17.5. The third-order valence-corrected chi connectivity index (χ3v) is 11.0. The molecule has 2 aromatic rings. The Balaban J connectivity index is 1.30. The maximum atomic E-state index is 14.2. The summed E-state index contributed by atoms with van der Waals surface area (Å²) in [5.41, 5.74) is 0.604. The van der Waals surface area contributed by atoms with Crippen molar-refractivity contribution in [3.05, 3.63) is 59.2 Å². The van der Waals surface area contributed by atoms with Gasteiger partial charge in [0.05, 0.1) is 17.5 Å². The number of nitrogens with zero attached hydrogens (tertiary/aromatic N) is 2. The second kappa shape index (κ2) is 12.6. The van der Waals surface area contributed by atoms with Crippen LogP contribution in [0.15, 0.2) is 42.5 Å². The van der Waals surface area contributed by atoms with Crippen molar-refractivity contribution in [2.75, 3.05) is 19.6 Å². The molecule has 2 aromatic carbocycles. The summed E-state index contributed by atoms with van der Waals surface area (Å²) in [5.74, 6) is -0.0889. The normalized spacial score (nSPS) is 28.2. The van der Waals surface area contributed by atoms with Gasteiger partial charge in [-0.1, -0.05) is 32.0 Å². The first-order chi connectivity index (χ1) is 23.7. The van der Waals surface area contributed by atoms with E-state index in [1.807, 2.05) is 19.9 Å². The summed E-state index contributed by atoms with van der Waals surface area (Å²) in [6.07, 6.45) is 2.05. The Morgan fingerprint density at radius 3 is 2.54 bits per heavy atom. The maximum absolute atomic E-state index is 14.2. The van der Waals surface area contributed by atoms with Gasteiger partial charge in [-0.3, -0.25) is 19.3 Å². The predicted molar refractivity (Wildman–Crippen MR) is 176 cm³/mol. The lowest BCUT2D eigenvalue weighted by molar-refractivity contribution is -0.274. The van der Waals surface area contributed by atoms with Crippen LogP contribution < -0.4 is 14.2 Å². The second-order valence-corrected chi connectivity index (χ2v) is 14.9. The van der Waals surface area contributed by atoms with Crippen molar-refractivity contribution in [2.45, 2.75) is 102 Å². The number of carbonyl (C=O) groups is 3. The van der Waals surface area contributed by atoms with Gasteiger partial charge in [-0.2, -0.15) is 0 Å². The zero-order valence-corrected chi connectivity index (χ0v) is 28.8. The second-order valence-electron chi connectivity index (χ2n) is 14.9. The number of halogens is 3. The molecule has 0 aromatic heterocycles. The van der Waals surface area contributed by atoms with Crippen LogP contribution in [0.25, 0.3) is 6.08 Å². The molecule has 50 heavy (non-hydrogen) atoms. The molecule has 0 unspecified atom stereocenters. The highest BCUT2D eigenvalue weighted by Crippen LogP contribution is 2.67. The molecule has 3 fully saturated rings. The number of esters is 2. The third-order valence-electron chi connectivity index (χ3n) is 11.0.